The first kappa shape index (κ1) is 15.4. The Morgan fingerprint density at radius 3 is 2.37 bits per heavy atom. The summed E-state index contributed by atoms with van der Waals surface area (Å²) in [6, 6.07) is 2.23. The van der Waals surface area contributed by atoms with Crippen LogP contribution in [0.2, 0.25) is 0 Å². The summed E-state index contributed by atoms with van der Waals surface area (Å²) in [5, 5.41) is 11.4. The zero-order valence-corrected chi connectivity index (χ0v) is 11.0. The summed E-state index contributed by atoms with van der Waals surface area (Å²) >= 11 is 0. The highest BCUT2D eigenvalue weighted by Gasteiger charge is 2.22. The minimum atomic E-state index is -1.50. The van der Waals surface area contributed by atoms with Crippen LogP contribution in [0.5, 0.6) is 0 Å². The Morgan fingerprint density at radius 2 is 1.89 bits per heavy atom. The second-order valence-electron chi connectivity index (χ2n) is 4.52. The molecular formula is C13H18F2N2O2. The van der Waals surface area contributed by atoms with Gasteiger partial charge in [0, 0.05) is 12.1 Å². The van der Waals surface area contributed by atoms with Crippen LogP contribution < -0.4 is 11.1 Å². The second-order valence-corrected chi connectivity index (χ2v) is 4.52. The Morgan fingerprint density at radius 1 is 1.32 bits per heavy atom. The monoisotopic (exact) mass is 272 g/mol. The highest BCUT2D eigenvalue weighted by molar-refractivity contribution is 5.88. The van der Waals surface area contributed by atoms with E-state index in [2.05, 4.69) is 5.32 Å². The zero-order valence-electron chi connectivity index (χ0n) is 11.0. The van der Waals surface area contributed by atoms with Crippen LogP contribution in [0.25, 0.3) is 0 Å². The summed E-state index contributed by atoms with van der Waals surface area (Å²) in [4.78, 5) is 10.6. The number of hydrogen-bond donors (Lipinski definition) is 3. The molecule has 4 nitrogen and oxygen atoms in total. The summed E-state index contributed by atoms with van der Waals surface area (Å²) < 4.78 is 27.1. The molecule has 0 aliphatic heterocycles. The molecule has 106 valence electrons. The minimum absolute atomic E-state index is 0.0841. The van der Waals surface area contributed by atoms with Crippen molar-refractivity contribution in [1.29, 1.82) is 0 Å². The first-order valence-electron chi connectivity index (χ1n) is 6.08. The molecule has 4 N–H and O–H groups in total. The van der Waals surface area contributed by atoms with Gasteiger partial charge in [-0.3, -0.25) is 0 Å². The summed E-state index contributed by atoms with van der Waals surface area (Å²) in [6.07, 6.45) is 1.38. The molecule has 6 heteroatoms. The van der Waals surface area contributed by atoms with E-state index in [1.165, 1.54) is 6.07 Å². The molecular weight excluding hydrogens is 254 g/mol. The van der Waals surface area contributed by atoms with Crippen molar-refractivity contribution >= 4 is 11.7 Å². The molecule has 1 rings (SSSR count). The molecule has 0 bridgehead atoms. The Hall–Kier alpha value is -1.69. The lowest BCUT2D eigenvalue weighted by atomic mass is 9.94. The maximum absolute atomic E-state index is 13.7. The van der Waals surface area contributed by atoms with Gasteiger partial charge in [0.2, 0.25) is 0 Å². The molecule has 19 heavy (non-hydrogen) atoms. The minimum Gasteiger partial charge on any atom is -0.478 e. The fraction of sp³-hybridized carbons (Fsp3) is 0.462. The van der Waals surface area contributed by atoms with Crippen LogP contribution in [0.15, 0.2) is 12.1 Å². The maximum Gasteiger partial charge on any atom is 0.338 e. The number of halogens is 2. The van der Waals surface area contributed by atoms with Crippen molar-refractivity contribution in [3.8, 4) is 0 Å². The molecule has 0 fully saturated rings. The van der Waals surface area contributed by atoms with Crippen molar-refractivity contribution < 1.29 is 18.7 Å². The van der Waals surface area contributed by atoms with Gasteiger partial charge in [0.1, 0.15) is 0 Å². The van der Waals surface area contributed by atoms with Gasteiger partial charge in [0.25, 0.3) is 0 Å². The first-order chi connectivity index (χ1) is 8.84. The molecule has 0 aromatic heterocycles. The first-order valence-corrected chi connectivity index (χ1v) is 6.08. The second kappa shape index (κ2) is 5.97. The van der Waals surface area contributed by atoms with Crippen LogP contribution in [0, 0.1) is 11.6 Å². The van der Waals surface area contributed by atoms with E-state index in [1.807, 2.05) is 13.8 Å². The average molecular weight is 272 g/mol. The number of carbonyl (C=O) groups is 1. The quantitative estimate of drug-likeness (QED) is 0.744. The van der Waals surface area contributed by atoms with E-state index >= 15 is 0 Å². The van der Waals surface area contributed by atoms with Crippen LogP contribution in [0.4, 0.5) is 14.5 Å². The summed E-state index contributed by atoms with van der Waals surface area (Å²) in [7, 11) is 0. The largest absolute Gasteiger partial charge is 0.478 e. The highest BCUT2D eigenvalue weighted by atomic mass is 19.2. The Kier molecular flexibility index (Phi) is 4.83. The van der Waals surface area contributed by atoms with Gasteiger partial charge in [-0.1, -0.05) is 13.8 Å². The van der Waals surface area contributed by atoms with Gasteiger partial charge in [-0.25, -0.2) is 13.6 Å². The van der Waals surface area contributed by atoms with E-state index < -0.39 is 28.7 Å². The molecule has 0 amide bonds. The van der Waals surface area contributed by atoms with E-state index in [1.54, 1.807) is 0 Å². The van der Waals surface area contributed by atoms with Gasteiger partial charge in [0.15, 0.2) is 11.6 Å². The lowest BCUT2D eigenvalue weighted by molar-refractivity contribution is 0.0690. The van der Waals surface area contributed by atoms with Gasteiger partial charge in [-0.2, -0.15) is 0 Å². The molecule has 0 unspecified atom stereocenters. The molecule has 0 heterocycles. The summed E-state index contributed by atoms with van der Waals surface area (Å²) in [6.45, 7) is 4.11. The number of nitrogens with one attached hydrogen (secondary N) is 1. The smallest absolute Gasteiger partial charge is 0.338 e. The predicted molar refractivity (Wildman–Crippen MR) is 69.3 cm³/mol. The van der Waals surface area contributed by atoms with Crippen molar-refractivity contribution in [2.75, 3.05) is 11.9 Å². The molecule has 0 saturated carbocycles. The number of aromatic carboxylic acids is 1. The predicted octanol–water partition coefficient (Wildman–Crippen LogP) is 2.59. The molecule has 0 radical (unpaired) electrons. The summed E-state index contributed by atoms with van der Waals surface area (Å²) in [5.74, 6) is -4.07. The Balaban J connectivity index is 2.92. The lowest BCUT2D eigenvalue weighted by Crippen LogP contribution is -2.45. The number of hydrogen-bond acceptors (Lipinski definition) is 3. The topological polar surface area (TPSA) is 75.3 Å². The number of nitrogens with two attached hydrogens (primary N) is 1. The zero-order chi connectivity index (χ0) is 14.6. The number of carboxylic acids is 1. The molecule has 1 aromatic carbocycles. The fourth-order valence-electron chi connectivity index (χ4n) is 1.62. The molecule has 0 aliphatic carbocycles. The van der Waals surface area contributed by atoms with E-state index in [-0.39, 0.29) is 12.2 Å². The lowest BCUT2D eigenvalue weighted by Gasteiger charge is -2.27. The normalized spacial score (nSPS) is 11.4. The standard InChI is InChI=1S/C13H18F2N2O2/c1-3-13(16,4-2)7-17-9-6-5-8(12(18)19)10(14)11(9)15/h5-6,17H,3-4,7,16H2,1-2H3,(H,18,19). The maximum atomic E-state index is 13.7. The van der Waals surface area contributed by atoms with Gasteiger partial charge >= 0.3 is 5.97 Å². The van der Waals surface area contributed by atoms with Crippen LogP contribution in [0.3, 0.4) is 0 Å². The van der Waals surface area contributed by atoms with Gasteiger partial charge in [0.05, 0.1) is 11.3 Å². The molecule has 0 aliphatic rings. The van der Waals surface area contributed by atoms with Crippen molar-refractivity contribution in [2.24, 2.45) is 5.73 Å². The van der Waals surface area contributed by atoms with E-state index in [0.717, 1.165) is 6.07 Å². The van der Waals surface area contributed by atoms with Gasteiger partial charge < -0.3 is 16.2 Å². The molecule has 0 atom stereocenters. The van der Waals surface area contributed by atoms with Crippen molar-refractivity contribution in [1.82, 2.24) is 0 Å². The van der Waals surface area contributed by atoms with Crippen molar-refractivity contribution in [2.45, 2.75) is 32.2 Å². The number of anilines is 1. The van der Waals surface area contributed by atoms with Crippen LogP contribution in [-0.4, -0.2) is 23.2 Å². The number of carboxylic acid groups (broad SMARTS) is 1. The van der Waals surface area contributed by atoms with Crippen molar-refractivity contribution in [3.63, 3.8) is 0 Å². The molecule has 1 aromatic rings. The van der Waals surface area contributed by atoms with Crippen LogP contribution in [-0.2, 0) is 0 Å². The van der Waals surface area contributed by atoms with Crippen LogP contribution in [0.1, 0.15) is 37.0 Å². The Labute approximate surface area is 110 Å². The van der Waals surface area contributed by atoms with Crippen molar-refractivity contribution in [3.05, 3.63) is 29.3 Å². The number of rotatable bonds is 6. The van der Waals surface area contributed by atoms with Gasteiger partial charge in [-0.05, 0) is 25.0 Å². The highest BCUT2D eigenvalue weighted by Crippen LogP contribution is 2.22. The van der Waals surface area contributed by atoms with E-state index in [4.69, 9.17) is 10.8 Å². The fourth-order valence-corrected chi connectivity index (χ4v) is 1.62. The average Bonchev–Trinajstić information content (AvgIpc) is 2.39. The number of benzene rings is 1. The molecule has 0 saturated heterocycles. The molecule has 0 spiro atoms. The van der Waals surface area contributed by atoms with E-state index in [0.29, 0.717) is 12.8 Å². The third kappa shape index (κ3) is 3.41. The Bertz CT molecular complexity index is 474. The summed E-state index contributed by atoms with van der Waals surface area (Å²) in [5.41, 5.74) is 4.76. The third-order valence-corrected chi connectivity index (χ3v) is 3.35. The SMILES string of the molecule is CCC(N)(CC)CNc1ccc(C(=O)O)c(F)c1F. The van der Waals surface area contributed by atoms with Gasteiger partial charge in [-0.15, -0.1) is 0 Å². The van der Waals surface area contributed by atoms with E-state index in [9.17, 15) is 13.6 Å². The third-order valence-electron chi connectivity index (χ3n) is 3.35. The van der Waals surface area contributed by atoms with Crippen LogP contribution >= 0.6 is 0 Å².